The number of hydrogen-bond acceptors (Lipinski definition) is 3. The molecule has 2 rings (SSSR count). The fourth-order valence-corrected chi connectivity index (χ4v) is 1.97. The molecule has 1 aliphatic heterocycles. The minimum atomic E-state index is -0.439. The number of Topliss-reactive ketones (excluding diaryl/α,β-unsaturated/α-hetero) is 1. The predicted octanol–water partition coefficient (Wildman–Crippen LogP) is 2.36. The lowest BCUT2D eigenvalue weighted by Gasteiger charge is -2.30. The maximum absolute atomic E-state index is 12.2. The Kier molecular flexibility index (Phi) is 2.74. The number of likely N-dealkylation sites (N-methyl/N-ethyl adjacent to an activating group) is 1. The largest absolute Gasteiger partial charge is 0.459 e. The summed E-state index contributed by atoms with van der Waals surface area (Å²) in [6.07, 6.45) is 0. The minimum Gasteiger partial charge on any atom is -0.459 e. The van der Waals surface area contributed by atoms with E-state index in [2.05, 4.69) is 6.58 Å². The van der Waals surface area contributed by atoms with Crippen LogP contribution < -0.4 is 4.74 Å². The number of fused-ring (bicyclic) bond motifs is 1. The Morgan fingerprint density at radius 3 is 2.75 bits per heavy atom. The third-order valence-corrected chi connectivity index (χ3v) is 2.75. The van der Waals surface area contributed by atoms with Crippen LogP contribution in [0.3, 0.4) is 0 Å². The summed E-state index contributed by atoms with van der Waals surface area (Å²) >= 11 is 5.86. The summed E-state index contributed by atoms with van der Waals surface area (Å²) in [6, 6.07) is 4.57. The quantitative estimate of drug-likeness (QED) is 0.751. The van der Waals surface area contributed by atoms with Gasteiger partial charge in [0.2, 0.25) is 0 Å². The molecule has 0 amide bonds. The molecule has 0 fully saturated rings. The second-order valence-corrected chi connectivity index (χ2v) is 4.38. The molecule has 1 unspecified atom stereocenters. The summed E-state index contributed by atoms with van der Waals surface area (Å²) in [7, 11) is 3.62. The first kappa shape index (κ1) is 11.2. The molecule has 1 aromatic carbocycles. The monoisotopic (exact) mass is 237 g/mol. The van der Waals surface area contributed by atoms with E-state index >= 15 is 0 Å². The number of carbonyl (C=O) groups is 1. The Morgan fingerprint density at radius 2 is 2.12 bits per heavy atom. The summed E-state index contributed by atoms with van der Waals surface area (Å²) in [5.41, 5.74) is 0.513. The Bertz CT molecular complexity index is 468. The molecule has 0 N–H and O–H groups in total. The van der Waals surface area contributed by atoms with Gasteiger partial charge in [0.05, 0.1) is 5.56 Å². The van der Waals surface area contributed by atoms with Crippen LogP contribution in [0.5, 0.6) is 5.75 Å². The Hall–Kier alpha value is -1.32. The first-order valence-corrected chi connectivity index (χ1v) is 5.25. The number of nitrogens with zero attached hydrogens (tertiary/aromatic N) is 1. The van der Waals surface area contributed by atoms with Crippen LogP contribution in [0.15, 0.2) is 30.5 Å². The number of ether oxygens (including phenoxy) is 1. The highest BCUT2D eigenvalue weighted by Crippen LogP contribution is 2.32. The lowest BCUT2D eigenvalue weighted by molar-refractivity contribution is 0.0844. The number of hydrogen-bond donors (Lipinski definition) is 0. The van der Waals surface area contributed by atoms with Gasteiger partial charge in [0.1, 0.15) is 17.6 Å². The van der Waals surface area contributed by atoms with Gasteiger partial charge in [0, 0.05) is 5.02 Å². The van der Waals surface area contributed by atoms with Crippen molar-refractivity contribution in [3.63, 3.8) is 0 Å². The Balaban J connectivity index is 2.50. The average molecular weight is 238 g/mol. The zero-order chi connectivity index (χ0) is 11.9. The minimum absolute atomic E-state index is 0.0289. The molecule has 3 nitrogen and oxygen atoms in total. The van der Waals surface area contributed by atoms with Crippen LogP contribution in [0.4, 0.5) is 0 Å². The smallest absolute Gasteiger partial charge is 0.191 e. The molecule has 0 aromatic heterocycles. The summed E-state index contributed by atoms with van der Waals surface area (Å²) in [5, 5.41) is 0.528. The summed E-state index contributed by atoms with van der Waals surface area (Å²) in [4.78, 5) is 14.0. The fourth-order valence-electron chi connectivity index (χ4n) is 1.80. The molecule has 0 saturated carbocycles. The van der Waals surface area contributed by atoms with Crippen molar-refractivity contribution in [1.29, 1.82) is 0 Å². The van der Waals surface area contributed by atoms with Crippen LogP contribution in [-0.4, -0.2) is 30.8 Å². The third kappa shape index (κ3) is 1.72. The van der Waals surface area contributed by atoms with Crippen LogP contribution in [0.25, 0.3) is 0 Å². The molecule has 0 radical (unpaired) electrons. The summed E-state index contributed by atoms with van der Waals surface area (Å²) < 4.78 is 5.52. The number of rotatable bonds is 1. The SMILES string of the molecule is C=C1Oc2ccc(Cl)cc2C(=O)C1N(C)C. The molecular formula is C12H12ClNO2. The molecule has 1 heterocycles. The molecule has 84 valence electrons. The van der Waals surface area contributed by atoms with Gasteiger partial charge in [-0.25, -0.2) is 0 Å². The summed E-state index contributed by atoms with van der Waals surface area (Å²) in [5.74, 6) is 0.945. The van der Waals surface area contributed by atoms with Crippen molar-refractivity contribution in [3.05, 3.63) is 41.1 Å². The average Bonchev–Trinajstić information content (AvgIpc) is 2.19. The molecular weight excluding hydrogens is 226 g/mol. The number of carbonyl (C=O) groups excluding carboxylic acids is 1. The van der Waals surface area contributed by atoms with Crippen LogP contribution in [0.1, 0.15) is 10.4 Å². The van der Waals surface area contributed by atoms with Crippen molar-refractivity contribution < 1.29 is 9.53 Å². The van der Waals surface area contributed by atoms with E-state index in [1.807, 2.05) is 14.1 Å². The van der Waals surface area contributed by atoms with E-state index in [1.165, 1.54) is 0 Å². The fraction of sp³-hybridized carbons (Fsp3) is 0.250. The normalized spacial score (nSPS) is 19.6. The van der Waals surface area contributed by atoms with Crippen LogP contribution in [0.2, 0.25) is 5.02 Å². The Labute approximate surface area is 99.3 Å². The third-order valence-electron chi connectivity index (χ3n) is 2.52. The van der Waals surface area contributed by atoms with Crippen molar-refractivity contribution in [2.24, 2.45) is 0 Å². The van der Waals surface area contributed by atoms with E-state index in [1.54, 1.807) is 23.1 Å². The lowest BCUT2D eigenvalue weighted by Crippen LogP contribution is -2.41. The highest BCUT2D eigenvalue weighted by atomic mass is 35.5. The van der Waals surface area contributed by atoms with Crippen molar-refractivity contribution in [2.75, 3.05) is 14.1 Å². The molecule has 1 atom stereocenters. The molecule has 1 aliphatic rings. The molecule has 1 aromatic rings. The predicted molar refractivity (Wildman–Crippen MR) is 63.0 cm³/mol. The topological polar surface area (TPSA) is 29.5 Å². The van der Waals surface area contributed by atoms with Crippen LogP contribution in [-0.2, 0) is 0 Å². The van der Waals surface area contributed by atoms with Crippen LogP contribution in [0, 0.1) is 0 Å². The molecule has 0 saturated heterocycles. The number of halogens is 1. The van der Waals surface area contributed by atoms with Gasteiger partial charge in [0.15, 0.2) is 5.78 Å². The first-order valence-electron chi connectivity index (χ1n) is 4.87. The molecule has 16 heavy (non-hydrogen) atoms. The van der Waals surface area contributed by atoms with Gasteiger partial charge in [-0.2, -0.15) is 0 Å². The van der Waals surface area contributed by atoms with Crippen molar-refractivity contribution in [3.8, 4) is 5.75 Å². The van der Waals surface area contributed by atoms with Gasteiger partial charge in [-0.15, -0.1) is 0 Å². The molecule has 4 heteroatoms. The van der Waals surface area contributed by atoms with E-state index in [0.29, 0.717) is 22.1 Å². The zero-order valence-corrected chi connectivity index (χ0v) is 9.91. The Morgan fingerprint density at radius 1 is 1.44 bits per heavy atom. The standard InChI is InChI=1S/C12H12ClNO2/c1-7-11(14(2)3)12(15)9-6-8(13)4-5-10(9)16-7/h4-6,11H,1H2,2-3H3. The van der Waals surface area contributed by atoms with Gasteiger partial charge in [-0.3, -0.25) is 9.69 Å². The van der Waals surface area contributed by atoms with Crippen molar-refractivity contribution >= 4 is 17.4 Å². The highest BCUT2D eigenvalue weighted by Gasteiger charge is 2.33. The van der Waals surface area contributed by atoms with Gasteiger partial charge in [-0.05, 0) is 32.3 Å². The number of ketones is 1. The molecule has 0 bridgehead atoms. The highest BCUT2D eigenvalue weighted by molar-refractivity contribution is 6.31. The van der Waals surface area contributed by atoms with Gasteiger partial charge in [-0.1, -0.05) is 18.2 Å². The summed E-state index contributed by atoms with van der Waals surface area (Å²) in [6.45, 7) is 3.77. The van der Waals surface area contributed by atoms with E-state index in [0.717, 1.165) is 0 Å². The van der Waals surface area contributed by atoms with Gasteiger partial charge >= 0.3 is 0 Å². The van der Waals surface area contributed by atoms with E-state index in [9.17, 15) is 4.79 Å². The maximum Gasteiger partial charge on any atom is 0.191 e. The van der Waals surface area contributed by atoms with Gasteiger partial charge < -0.3 is 4.74 Å². The molecule has 0 aliphatic carbocycles. The van der Waals surface area contributed by atoms with Crippen molar-refractivity contribution in [2.45, 2.75) is 6.04 Å². The lowest BCUT2D eigenvalue weighted by atomic mass is 9.98. The van der Waals surface area contributed by atoms with E-state index in [-0.39, 0.29) is 5.78 Å². The van der Waals surface area contributed by atoms with Crippen LogP contribution >= 0.6 is 11.6 Å². The second kappa shape index (κ2) is 3.92. The number of benzene rings is 1. The van der Waals surface area contributed by atoms with E-state index < -0.39 is 6.04 Å². The van der Waals surface area contributed by atoms with Crippen molar-refractivity contribution in [1.82, 2.24) is 4.90 Å². The van der Waals surface area contributed by atoms with Gasteiger partial charge in [0.25, 0.3) is 0 Å². The maximum atomic E-state index is 12.2. The zero-order valence-electron chi connectivity index (χ0n) is 9.16. The first-order chi connectivity index (χ1) is 7.50. The second-order valence-electron chi connectivity index (χ2n) is 3.94. The molecule has 0 spiro atoms. The van der Waals surface area contributed by atoms with E-state index in [4.69, 9.17) is 16.3 Å².